The van der Waals surface area contributed by atoms with Gasteiger partial charge in [-0.15, -0.1) is 10.2 Å². The van der Waals surface area contributed by atoms with E-state index in [1.54, 1.807) is 11.3 Å². The molecule has 2 N–H and O–H groups in total. The van der Waals surface area contributed by atoms with Crippen LogP contribution in [0.2, 0.25) is 0 Å². The van der Waals surface area contributed by atoms with Crippen LogP contribution in [-0.4, -0.2) is 25.9 Å². The van der Waals surface area contributed by atoms with Crippen LogP contribution in [0.5, 0.6) is 0 Å². The van der Waals surface area contributed by atoms with Gasteiger partial charge in [-0.2, -0.15) is 9.61 Å². The molecule has 2 aromatic rings. The van der Waals surface area contributed by atoms with E-state index in [9.17, 15) is 0 Å². The molecule has 0 bridgehead atoms. The maximum Gasteiger partial charge on any atom is 0.234 e. The highest BCUT2D eigenvalue weighted by Gasteiger charge is 2.26. The van der Waals surface area contributed by atoms with Crippen molar-refractivity contribution in [1.29, 1.82) is 0 Å². The van der Waals surface area contributed by atoms with E-state index in [1.165, 1.54) is 19.3 Å². The average molecular weight is 293 g/mol. The van der Waals surface area contributed by atoms with Crippen LogP contribution in [0.15, 0.2) is 0 Å². The van der Waals surface area contributed by atoms with Crippen LogP contribution in [0.4, 0.5) is 0 Å². The third-order valence-electron chi connectivity index (χ3n) is 3.84. The van der Waals surface area contributed by atoms with E-state index in [0.717, 1.165) is 28.6 Å². The second-order valence-corrected chi connectivity index (χ2v) is 8.15. The van der Waals surface area contributed by atoms with Crippen LogP contribution < -0.4 is 5.73 Å². The molecule has 0 amide bonds. The Hall–Kier alpha value is -1.01. The lowest BCUT2D eigenvalue weighted by Gasteiger charge is -2.22. The molecule has 2 heterocycles. The van der Waals surface area contributed by atoms with Gasteiger partial charge in [-0.25, -0.2) is 0 Å². The lowest BCUT2D eigenvalue weighted by Crippen LogP contribution is -2.28. The molecule has 1 saturated carbocycles. The molecular formula is C14H23N5S. The Bertz CT molecular complexity index is 590. The molecule has 0 saturated heterocycles. The number of hydrogen-bond donors (Lipinski definition) is 1. The van der Waals surface area contributed by atoms with Gasteiger partial charge in [-0.3, -0.25) is 0 Å². The lowest BCUT2D eigenvalue weighted by atomic mass is 9.85. The van der Waals surface area contributed by atoms with Crippen molar-refractivity contribution in [3.05, 3.63) is 10.8 Å². The minimum atomic E-state index is 0.158. The van der Waals surface area contributed by atoms with E-state index in [2.05, 4.69) is 36.1 Å². The standard InChI is InChI=1S/C14H23N5S/c1-14(2,3)8-10(15)7-11-18-19-12(9-5-4-6-9)16-17-13(19)20-11/h9-10H,4-8,15H2,1-3H3. The Morgan fingerprint density at radius 1 is 1.35 bits per heavy atom. The van der Waals surface area contributed by atoms with E-state index in [4.69, 9.17) is 5.73 Å². The zero-order chi connectivity index (χ0) is 14.3. The summed E-state index contributed by atoms with van der Waals surface area (Å²) in [7, 11) is 0. The van der Waals surface area contributed by atoms with Gasteiger partial charge < -0.3 is 5.73 Å². The second kappa shape index (κ2) is 5.07. The summed E-state index contributed by atoms with van der Waals surface area (Å²) in [6.07, 6.45) is 5.57. The van der Waals surface area contributed by atoms with E-state index >= 15 is 0 Å². The van der Waals surface area contributed by atoms with Crippen molar-refractivity contribution in [2.24, 2.45) is 11.1 Å². The van der Waals surface area contributed by atoms with Crippen molar-refractivity contribution >= 4 is 16.3 Å². The number of rotatable bonds is 4. The third-order valence-corrected chi connectivity index (χ3v) is 4.76. The maximum absolute atomic E-state index is 6.24. The predicted molar refractivity (Wildman–Crippen MR) is 81.0 cm³/mol. The lowest BCUT2D eigenvalue weighted by molar-refractivity contribution is 0.337. The van der Waals surface area contributed by atoms with Crippen LogP contribution in [0.25, 0.3) is 4.96 Å². The molecule has 5 nitrogen and oxygen atoms in total. The van der Waals surface area contributed by atoms with Crippen LogP contribution in [-0.2, 0) is 6.42 Å². The first-order chi connectivity index (χ1) is 9.42. The minimum absolute atomic E-state index is 0.158. The van der Waals surface area contributed by atoms with Gasteiger partial charge in [-0.05, 0) is 24.7 Å². The molecule has 1 aliphatic rings. The Balaban J connectivity index is 1.74. The minimum Gasteiger partial charge on any atom is -0.327 e. The van der Waals surface area contributed by atoms with Crippen molar-refractivity contribution in [3.63, 3.8) is 0 Å². The Morgan fingerprint density at radius 3 is 2.70 bits per heavy atom. The molecule has 20 heavy (non-hydrogen) atoms. The van der Waals surface area contributed by atoms with Gasteiger partial charge in [0.1, 0.15) is 5.01 Å². The monoisotopic (exact) mass is 293 g/mol. The summed E-state index contributed by atoms with van der Waals surface area (Å²) in [5.41, 5.74) is 6.50. The summed E-state index contributed by atoms with van der Waals surface area (Å²) in [6.45, 7) is 6.67. The number of aromatic nitrogens is 4. The van der Waals surface area contributed by atoms with E-state index in [1.807, 2.05) is 4.52 Å². The fourth-order valence-corrected chi connectivity index (χ4v) is 3.69. The van der Waals surface area contributed by atoms with E-state index < -0.39 is 0 Å². The molecular weight excluding hydrogens is 270 g/mol. The maximum atomic E-state index is 6.24. The zero-order valence-corrected chi connectivity index (χ0v) is 13.3. The summed E-state index contributed by atoms with van der Waals surface area (Å²) in [5.74, 6) is 1.60. The molecule has 1 aliphatic carbocycles. The summed E-state index contributed by atoms with van der Waals surface area (Å²) in [5, 5.41) is 14.3. The van der Waals surface area contributed by atoms with Gasteiger partial charge in [0, 0.05) is 18.4 Å². The molecule has 0 aromatic carbocycles. The largest absolute Gasteiger partial charge is 0.327 e. The first-order valence-electron chi connectivity index (χ1n) is 7.39. The molecule has 0 aliphatic heterocycles. The summed E-state index contributed by atoms with van der Waals surface area (Å²) in [6, 6.07) is 0.158. The van der Waals surface area contributed by atoms with Crippen molar-refractivity contribution in [2.45, 2.75) is 64.8 Å². The SMILES string of the molecule is CC(C)(C)CC(N)Cc1nn2c(C3CCC3)nnc2s1. The van der Waals surface area contributed by atoms with Gasteiger partial charge in [-0.1, -0.05) is 38.5 Å². The van der Waals surface area contributed by atoms with Crippen molar-refractivity contribution in [3.8, 4) is 0 Å². The Kier molecular flexibility index (Phi) is 3.54. The first-order valence-corrected chi connectivity index (χ1v) is 8.20. The normalized spacial score (nSPS) is 18.4. The number of fused-ring (bicyclic) bond motifs is 1. The zero-order valence-electron chi connectivity index (χ0n) is 12.5. The van der Waals surface area contributed by atoms with Gasteiger partial charge in [0.15, 0.2) is 5.82 Å². The molecule has 3 rings (SSSR count). The highest BCUT2D eigenvalue weighted by atomic mass is 32.1. The molecule has 1 atom stereocenters. The molecule has 0 radical (unpaired) electrons. The van der Waals surface area contributed by atoms with Crippen molar-refractivity contribution < 1.29 is 0 Å². The van der Waals surface area contributed by atoms with E-state index in [0.29, 0.717) is 5.92 Å². The number of hydrogen-bond acceptors (Lipinski definition) is 5. The fourth-order valence-electron chi connectivity index (χ4n) is 2.76. The summed E-state index contributed by atoms with van der Waals surface area (Å²) in [4.78, 5) is 0.907. The van der Waals surface area contributed by atoms with Crippen molar-refractivity contribution in [1.82, 2.24) is 19.8 Å². The summed E-state index contributed by atoms with van der Waals surface area (Å²) < 4.78 is 1.94. The van der Waals surface area contributed by atoms with E-state index in [-0.39, 0.29) is 11.5 Å². The van der Waals surface area contributed by atoms with Gasteiger partial charge in [0.05, 0.1) is 0 Å². The number of nitrogens with zero attached hydrogens (tertiary/aromatic N) is 4. The Morgan fingerprint density at radius 2 is 2.10 bits per heavy atom. The smallest absolute Gasteiger partial charge is 0.234 e. The quantitative estimate of drug-likeness (QED) is 0.941. The highest BCUT2D eigenvalue weighted by Crippen LogP contribution is 2.35. The van der Waals surface area contributed by atoms with Gasteiger partial charge in [0.25, 0.3) is 0 Å². The predicted octanol–water partition coefficient (Wildman–Crippen LogP) is 2.76. The van der Waals surface area contributed by atoms with Crippen LogP contribution >= 0.6 is 11.3 Å². The van der Waals surface area contributed by atoms with Crippen LogP contribution in [0.1, 0.15) is 63.2 Å². The molecule has 2 aromatic heterocycles. The third kappa shape index (κ3) is 2.86. The fraction of sp³-hybridized carbons (Fsp3) is 0.786. The Labute approximate surface area is 123 Å². The van der Waals surface area contributed by atoms with Crippen LogP contribution in [0.3, 0.4) is 0 Å². The van der Waals surface area contributed by atoms with Crippen molar-refractivity contribution in [2.75, 3.05) is 0 Å². The average Bonchev–Trinajstić information content (AvgIpc) is 2.74. The summed E-state index contributed by atoms with van der Waals surface area (Å²) >= 11 is 1.62. The molecule has 1 fully saturated rings. The molecule has 110 valence electrons. The molecule has 1 unspecified atom stereocenters. The second-order valence-electron chi connectivity index (χ2n) is 7.11. The van der Waals surface area contributed by atoms with Gasteiger partial charge in [0.2, 0.25) is 4.96 Å². The number of nitrogens with two attached hydrogens (primary N) is 1. The first kappa shape index (κ1) is 13.9. The molecule has 6 heteroatoms. The topological polar surface area (TPSA) is 69.1 Å². The van der Waals surface area contributed by atoms with Gasteiger partial charge >= 0.3 is 0 Å². The van der Waals surface area contributed by atoms with Crippen LogP contribution in [0, 0.1) is 5.41 Å². The highest BCUT2D eigenvalue weighted by molar-refractivity contribution is 7.16. The molecule has 0 spiro atoms.